The van der Waals surface area contributed by atoms with E-state index in [1.165, 1.54) is 12.8 Å². The molecule has 1 amide bonds. The van der Waals surface area contributed by atoms with Gasteiger partial charge in [0.25, 0.3) is 5.91 Å². The van der Waals surface area contributed by atoms with E-state index in [4.69, 9.17) is 14.2 Å². The van der Waals surface area contributed by atoms with Gasteiger partial charge in [0, 0.05) is 31.7 Å². The van der Waals surface area contributed by atoms with Crippen LogP contribution in [0.25, 0.3) is 0 Å². The number of nitrogens with zero attached hydrogens (tertiary/aromatic N) is 1. The minimum Gasteiger partial charge on any atom is -0.494 e. The molecule has 1 spiro atoms. The first-order valence-corrected chi connectivity index (χ1v) is 9.95. The van der Waals surface area contributed by atoms with E-state index in [0.717, 1.165) is 50.6 Å². The molecule has 142 valence electrons. The minimum atomic E-state index is -0.0852. The number of benzene rings is 1. The summed E-state index contributed by atoms with van der Waals surface area (Å²) in [7, 11) is 0. The fourth-order valence-corrected chi connectivity index (χ4v) is 4.00. The van der Waals surface area contributed by atoms with Gasteiger partial charge in [-0.25, -0.2) is 0 Å². The molecule has 1 aromatic carbocycles. The van der Waals surface area contributed by atoms with E-state index in [0.29, 0.717) is 18.8 Å². The molecule has 26 heavy (non-hydrogen) atoms. The van der Waals surface area contributed by atoms with E-state index >= 15 is 0 Å². The van der Waals surface area contributed by atoms with Gasteiger partial charge in [0.1, 0.15) is 5.75 Å². The van der Waals surface area contributed by atoms with Gasteiger partial charge < -0.3 is 19.1 Å². The topological polar surface area (TPSA) is 48.0 Å². The third-order valence-electron chi connectivity index (χ3n) is 5.79. The number of rotatable bonds is 6. The van der Waals surface area contributed by atoms with Crippen molar-refractivity contribution in [2.75, 3.05) is 32.9 Å². The lowest BCUT2D eigenvalue weighted by atomic mass is 9.87. The van der Waals surface area contributed by atoms with Crippen LogP contribution in [0, 0.1) is 5.92 Å². The summed E-state index contributed by atoms with van der Waals surface area (Å²) in [5.41, 5.74) is 0.614. The lowest BCUT2D eigenvalue weighted by Crippen LogP contribution is -2.46. The molecular formula is C21H29NO4. The molecule has 2 aliphatic heterocycles. The molecule has 0 aromatic heterocycles. The van der Waals surface area contributed by atoms with E-state index in [-0.39, 0.29) is 17.6 Å². The first kappa shape index (κ1) is 17.8. The number of amides is 1. The second kappa shape index (κ2) is 7.57. The summed E-state index contributed by atoms with van der Waals surface area (Å²) < 4.78 is 17.7. The average Bonchev–Trinajstić information content (AvgIpc) is 3.42. The van der Waals surface area contributed by atoms with Crippen molar-refractivity contribution < 1.29 is 19.0 Å². The van der Waals surface area contributed by atoms with Crippen molar-refractivity contribution in [1.29, 1.82) is 0 Å². The summed E-state index contributed by atoms with van der Waals surface area (Å²) >= 11 is 0. The molecule has 0 bridgehead atoms. The van der Waals surface area contributed by atoms with Crippen LogP contribution in [0.3, 0.4) is 0 Å². The van der Waals surface area contributed by atoms with Crippen molar-refractivity contribution in [1.82, 2.24) is 4.90 Å². The van der Waals surface area contributed by atoms with Gasteiger partial charge in [-0.3, -0.25) is 4.79 Å². The Morgan fingerprint density at radius 3 is 2.85 bits per heavy atom. The normalized spacial score (nSPS) is 24.8. The van der Waals surface area contributed by atoms with Gasteiger partial charge in [-0.1, -0.05) is 6.07 Å². The third kappa shape index (κ3) is 4.04. The van der Waals surface area contributed by atoms with E-state index in [1.54, 1.807) is 0 Å². The number of carbonyl (C=O) groups excluding carboxylic acids is 1. The minimum absolute atomic E-state index is 0.0842. The quantitative estimate of drug-likeness (QED) is 0.782. The zero-order valence-corrected chi connectivity index (χ0v) is 15.6. The van der Waals surface area contributed by atoms with Gasteiger partial charge in [0.15, 0.2) is 0 Å². The van der Waals surface area contributed by atoms with Crippen molar-refractivity contribution >= 4 is 5.91 Å². The second-order valence-electron chi connectivity index (χ2n) is 7.85. The predicted octanol–water partition coefficient (Wildman–Crippen LogP) is 3.28. The highest BCUT2D eigenvalue weighted by molar-refractivity contribution is 5.94. The molecule has 3 aliphatic rings. The van der Waals surface area contributed by atoms with E-state index in [1.807, 2.05) is 36.1 Å². The molecule has 1 unspecified atom stereocenters. The first-order valence-electron chi connectivity index (χ1n) is 9.95. The zero-order chi connectivity index (χ0) is 18.0. The van der Waals surface area contributed by atoms with Gasteiger partial charge in [0.2, 0.25) is 0 Å². The SMILES string of the molecule is CCOc1cccc(C(=O)N2CCC3(CC2)CC(OCC2CC2)CO3)c1. The highest BCUT2D eigenvalue weighted by Gasteiger charge is 2.44. The van der Waals surface area contributed by atoms with Gasteiger partial charge in [-0.15, -0.1) is 0 Å². The van der Waals surface area contributed by atoms with Crippen molar-refractivity contribution in [3.05, 3.63) is 29.8 Å². The van der Waals surface area contributed by atoms with Crippen LogP contribution in [-0.4, -0.2) is 55.4 Å². The van der Waals surface area contributed by atoms with E-state index < -0.39 is 0 Å². The Bertz CT molecular complexity index is 635. The monoisotopic (exact) mass is 359 g/mol. The molecule has 3 fully saturated rings. The number of carbonyl (C=O) groups is 1. The summed E-state index contributed by atoms with van der Waals surface area (Å²) in [6, 6.07) is 7.47. The molecule has 1 aliphatic carbocycles. The highest BCUT2D eigenvalue weighted by atomic mass is 16.6. The second-order valence-corrected chi connectivity index (χ2v) is 7.85. The maximum Gasteiger partial charge on any atom is 0.253 e. The smallest absolute Gasteiger partial charge is 0.253 e. The molecule has 1 saturated carbocycles. The molecule has 2 heterocycles. The number of likely N-dealkylation sites (tertiary alicyclic amines) is 1. The Kier molecular flexibility index (Phi) is 5.18. The van der Waals surface area contributed by atoms with Crippen LogP contribution in [0.1, 0.15) is 49.4 Å². The predicted molar refractivity (Wildman–Crippen MR) is 98.5 cm³/mol. The fourth-order valence-electron chi connectivity index (χ4n) is 4.00. The average molecular weight is 359 g/mol. The van der Waals surface area contributed by atoms with Gasteiger partial charge >= 0.3 is 0 Å². The van der Waals surface area contributed by atoms with Crippen LogP contribution in [-0.2, 0) is 9.47 Å². The van der Waals surface area contributed by atoms with Gasteiger partial charge in [-0.2, -0.15) is 0 Å². The van der Waals surface area contributed by atoms with Crippen LogP contribution in [0.15, 0.2) is 24.3 Å². The zero-order valence-electron chi connectivity index (χ0n) is 15.6. The maximum absolute atomic E-state index is 12.8. The summed E-state index contributed by atoms with van der Waals surface area (Å²) in [6.45, 7) is 5.63. The lowest BCUT2D eigenvalue weighted by molar-refractivity contribution is -0.0410. The Labute approximate surface area is 155 Å². The number of ether oxygens (including phenoxy) is 3. The number of hydrogen-bond donors (Lipinski definition) is 0. The molecule has 1 aromatic rings. The molecule has 1 atom stereocenters. The first-order chi connectivity index (χ1) is 12.7. The summed E-state index contributed by atoms with van der Waals surface area (Å²) in [4.78, 5) is 14.8. The Balaban J connectivity index is 1.30. The molecule has 2 saturated heterocycles. The van der Waals surface area contributed by atoms with Crippen LogP contribution in [0.4, 0.5) is 0 Å². The lowest BCUT2D eigenvalue weighted by Gasteiger charge is -2.38. The summed E-state index contributed by atoms with van der Waals surface area (Å²) in [5, 5.41) is 0. The molecule has 4 rings (SSSR count). The van der Waals surface area contributed by atoms with Crippen LogP contribution < -0.4 is 4.74 Å². The summed E-state index contributed by atoms with van der Waals surface area (Å²) in [6.07, 6.45) is 5.64. The van der Waals surface area contributed by atoms with Gasteiger partial charge in [-0.05, 0) is 56.7 Å². The van der Waals surface area contributed by atoms with Crippen LogP contribution in [0.5, 0.6) is 5.75 Å². The maximum atomic E-state index is 12.8. The standard InChI is InChI=1S/C21H29NO4/c1-2-24-18-5-3-4-17(12-18)20(23)22-10-8-21(9-11-22)13-19(15-26-21)25-14-16-6-7-16/h3-5,12,16,19H,2,6-11,13-15H2,1H3. The Morgan fingerprint density at radius 2 is 2.12 bits per heavy atom. The summed E-state index contributed by atoms with van der Waals surface area (Å²) in [5.74, 6) is 1.63. The Hall–Kier alpha value is -1.59. The van der Waals surface area contributed by atoms with Crippen LogP contribution >= 0.6 is 0 Å². The third-order valence-corrected chi connectivity index (χ3v) is 5.79. The highest BCUT2D eigenvalue weighted by Crippen LogP contribution is 2.38. The molecule has 5 heteroatoms. The molecular weight excluding hydrogens is 330 g/mol. The van der Waals surface area contributed by atoms with Crippen LogP contribution in [0.2, 0.25) is 0 Å². The fraction of sp³-hybridized carbons (Fsp3) is 0.667. The number of hydrogen-bond acceptors (Lipinski definition) is 4. The van der Waals surface area contributed by atoms with Crippen molar-refractivity contribution in [3.8, 4) is 5.75 Å². The van der Waals surface area contributed by atoms with Crippen molar-refractivity contribution in [2.24, 2.45) is 5.92 Å². The molecule has 0 N–H and O–H groups in total. The molecule has 5 nitrogen and oxygen atoms in total. The largest absolute Gasteiger partial charge is 0.494 e. The Morgan fingerprint density at radius 1 is 1.31 bits per heavy atom. The van der Waals surface area contributed by atoms with Crippen molar-refractivity contribution in [3.63, 3.8) is 0 Å². The van der Waals surface area contributed by atoms with Gasteiger partial charge in [0.05, 0.1) is 24.9 Å². The number of piperidine rings is 1. The van der Waals surface area contributed by atoms with E-state index in [9.17, 15) is 4.79 Å². The van der Waals surface area contributed by atoms with Crippen molar-refractivity contribution in [2.45, 2.75) is 50.7 Å². The molecule has 0 radical (unpaired) electrons. The van der Waals surface area contributed by atoms with E-state index in [2.05, 4.69) is 0 Å².